The van der Waals surface area contributed by atoms with Gasteiger partial charge in [-0.3, -0.25) is 0 Å². The van der Waals surface area contributed by atoms with E-state index in [1.807, 2.05) is 42.5 Å². The molecule has 2 N–H and O–H groups in total. The van der Waals surface area contributed by atoms with E-state index in [1.54, 1.807) is 25.6 Å². The van der Waals surface area contributed by atoms with Gasteiger partial charge >= 0.3 is 0 Å². The molecule has 0 amide bonds. The molecule has 0 spiro atoms. The fourth-order valence-corrected chi connectivity index (χ4v) is 2.28. The lowest BCUT2D eigenvalue weighted by molar-refractivity contribution is 0.374. The maximum absolute atomic E-state index is 5.73. The van der Waals surface area contributed by atoms with Crippen LogP contribution in [0.4, 0.5) is 5.69 Å². The van der Waals surface area contributed by atoms with Crippen molar-refractivity contribution in [1.29, 1.82) is 0 Å². The molecule has 0 atom stereocenters. The molecule has 3 rings (SSSR count). The van der Waals surface area contributed by atoms with Gasteiger partial charge in [0.25, 0.3) is 0 Å². The first-order valence-electron chi connectivity index (χ1n) is 7.59. The zero-order chi connectivity index (χ0) is 17.5. The highest BCUT2D eigenvalue weighted by Crippen LogP contribution is 2.30. The zero-order valence-electron chi connectivity index (χ0n) is 13.6. The second-order valence-electron chi connectivity index (χ2n) is 5.03. The maximum Gasteiger partial charge on any atom is 0.219 e. The number of nitrogens with zero attached hydrogens (tertiary/aromatic N) is 1. The molecule has 0 aliphatic rings. The Bertz CT molecular complexity index is 820. The quantitative estimate of drug-likeness (QED) is 0.649. The van der Waals surface area contributed by atoms with Gasteiger partial charge in [0, 0.05) is 6.07 Å². The van der Waals surface area contributed by atoms with Crippen LogP contribution in [0, 0.1) is 0 Å². The minimum absolute atomic E-state index is 0.463. The summed E-state index contributed by atoms with van der Waals surface area (Å²) in [5, 5.41) is 6.59. The van der Waals surface area contributed by atoms with Gasteiger partial charge in [0.15, 0.2) is 16.6 Å². The van der Waals surface area contributed by atoms with E-state index in [1.165, 1.54) is 0 Å². The predicted molar refractivity (Wildman–Crippen MR) is 99.1 cm³/mol. The second-order valence-corrected chi connectivity index (χ2v) is 5.43. The van der Waals surface area contributed by atoms with E-state index in [0.29, 0.717) is 29.0 Å². The molecule has 25 heavy (non-hydrogen) atoms. The lowest BCUT2D eigenvalue weighted by atomic mass is 10.3. The number of para-hydroxylation sites is 2. The van der Waals surface area contributed by atoms with E-state index in [2.05, 4.69) is 15.6 Å². The molecule has 0 bridgehead atoms. The molecule has 2 heterocycles. The fourth-order valence-electron chi connectivity index (χ4n) is 2.09. The Kier molecular flexibility index (Phi) is 5.48. The minimum atomic E-state index is 0.463. The highest BCUT2D eigenvalue weighted by molar-refractivity contribution is 7.80. The lowest BCUT2D eigenvalue weighted by Gasteiger charge is -2.11. The van der Waals surface area contributed by atoms with E-state index in [4.69, 9.17) is 26.1 Å². The Morgan fingerprint density at radius 2 is 1.96 bits per heavy atom. The molecule has 1 aromatic carbocycles. The molecule has 0 radical (unpaired) electrons. The van der Waals surface area contributed by atoms with Crippen molar-refractivity contribution < 1.29 is 13.9 Å². The van der Waals surface area contributed by atoms with Crippen molar-refractivity contribution in [2.75, 3.05) is 12.4 Å². The number of anilines is 1. The van der Waals surface area contributed by atoms with Gasteiger partial charge in [0.1, 0.15) is 5.76 Å². The number of hydrogen-bond acceptors (Lipinski definition) is 5. The molecule has 0 aliphatic heterocycles. The van der Waals surface area contributed by atoms with Gasteiger partial charge in [-0.25, -0.2) is 4.98 Å². The molecular weight excluding hydrogens is 338 g/mol. The minimum Gasteiger partial charge on any atom is -0.493 e. The number of hydrogen-bond donors (Lipinski definition) is 2. The van der Waals surface area contributed by atoms with Crippen LogP contribution in [-0.2, 0) is 6.54 Å². The van der Waals surface area contributed by atoms with Gasteiger partial charge in [0.05, 0.1) is 31.8 Å². The van der Waals surface area contributed by atoms with Crippen LogP contribution < -0.4 is 20.1 Å². The van der Waals surface area contributed by atoms with Crippen molar-refractivity contribution in [3.05, 3.63) is 66.8 Å². The summed E-state index contributed by atoms with van der Waals surface area (Å²) in [7, 11) is 1.60. The smallest absolute Gasteiger partial charge is 0.219 e. The molecule has 0 saturated carbocycles. The fraction of sp³-hybridized carbons (Fsp3) is 0.111. The molecule has 7 heteroatoms. The Morgan fingerprint density at radius 3 is 2.64 bits per heavy atom. The summed E-state index contributed by atoms with van der Waals surface area (Å²) >= 11 is 5.24. The summed E-state index contributed by atoms with van der Waals surface area (Å²) in [5.41, 5.74) is 0.754. The van der Waals surface area contributed by atoms with Gasteiger partial charge in [-0.1, -0.05) is 12.1 Å². The highest BCUT2D eigenvalue weighted by Gasteiger charge is 2.06. The van der Waals surface area contributed by atoms with Gasteiger partial charge in [-0.15, -0.1) is 0 Å². The number of furan rings is 1. The number of thiocarbonyl (C=S) groups is 1. The van der Waals surface area contributed by atoms with Crippen LogP contribution in [-0.4, -0.2) is 17.2 Å². The highest BCUT2D eigenvalue weighted by atomic mass is 32.1. The van der Waals surface area contributed by atoms with Gasteiger partial charge in [-0.05, 0) is 42.5 Å². The van der Waals surface area contributed by atoms with Gasteiger partial charge in [-0.2, -0.15) is 0 Å². The number of nitrogens with one attached hydrogen (secondary N) is 2. The van der Waals surface area contributed by atoms with Crippen molar-refractivity contribution in [2.45, 2.75) is 6.54 Å². The zero-order valence-corrected chi connectivity index (χ0v) is 14.4. The molecule has 0 fully saturated rings. The van der Waals surface area contributed by atoms with Crippen LogP contribution in [0.3, 0.4) is 0 Å². The number of methoxy groups -OCH3 is 1. The third-order valence-electron chi connectivity index (χ3n) is 3.28. The van der Waals surface area contributed by atoms with Crippen LogP contribution in [0.15, 0.2) is 65.4 Å². The van der Waals surface area contributed by atoms with Crippen LogP contribution >= 0.6 is 12.2 Å². The number of benzene rings is 1. The Hall–Kier alpha value is -3.06. The Labute approximate surface area is 150 Å². The van der Waals surface area contributed by atoms with E-state index >= 15 is 0 Å². The van der Waals surface area contributed by atoms with Crippen molar-refractivity contribution in [3.63, 3.8) is 0 Å². The number of pyridine rings is 1. The number of aromatic nitrogens is 1. The molecule has 2 aromatic heterocycles. The first kappa shape index (κ1) is 16.8. The SMILES string of the molecule is COc1ccccc1Oc1ccc(NC(=S)NCc2ccco2)cn1. The predicted octanol–water partition coefficient (Wildman–Crippen LogP) is 3.96. The van der Waals surface area contributed by atoms with Crippen LogP contribution in [0.5, 0.6) is 17.4 Å². The van der Waals surface area contributed by atoms with Crippen molar-refractivity contribution in [3.8, 4) is 17.4 Å². The molecule has 128 valence electrons. The summed E-state index contributed by atoms with van der Waals surface area (Å²) in [6, 6.07) is 14.7. The third-order valence-corrected chi connectivity index (χ3v) is 3.53. The summed E-state index contributed by atoms with van der Waals surface area (Å²) < 4.78 is 16.2. The first-order chi connectivity index (χ1) is 12.2. The second kappa shape index (κ2) is 8.16. The van der Waals surface area contributed by atoms with Gasteiger partial charge in [0.2, 0.25) is 5.88 Å². The molecular formula is C18H17N3O3S. The lowest BCUT2D eigenvalue weighted by Crippen LogP contribution is -2.27. The summed E-state index contributed by atoms with van der Waals surface area (Å²) in [6.45, 7) is 0.515. The Balaban J connectivity index is 1.55. The molecule has 0 aliphatic carbocycles. The Morgan fingerprint density at radius 1 is 1.12 bits per heavy atom. The average molecular weight is 355 g/mol. The van der Waals surface area contributed by atoms with E-state index in [9.17, 15) is 0 Å². The third kappa shape index (κ3) is 4.71. The summed E-state index contributed by atoms with van der Waals surface area (Å²) in [6.07, 6.45) is 3.27. The molecule has 0 saturated heterocycles. The molecule has 3 aromatic rings. The number of ether oxygens (including phenoxy) is 2. The number of rotatable bonds is 6. The normalized spacial score (nSPS) is 10.1. The molecule has 0 unspecified atom stereocenters. The van der Waals surface area contributed by atoms with Crippen LogP contribution in [0.25, 0.3) is 0 Å². The largest absolute Gasteiger partial charge is 0.493 e. The van der Waals surface area contributed by atoms with E-state index in [0.717, 1.165) is 11.4 Å². The standard InChI is InChI=1S/C18H17N3O3S/c1-22-15-6-2-3-7-16(15)24-17-9-8-13(11-19-17)21-18(25)20-12-14-5-4-10-23-14/h2-11H,12H2,1H3,(H2,20,21,25). The van der Waals surface area contributed by atoms with Crippen molar-refractivity contribution in [1.82, 2.24) is 10.3 Å². The molecule has 6 nitrogen and oxygen atoms in total. The van der Waals surface area contributed by atoms with E-state index in [-0.39, 0.29) is 0 Å². The average Bonchev–Trinajstić information content (AvgIpc) is 3.16. The van der Waals surface area contributed by atoms with Crippen molar-refractivity contribution >= 4 is 23.0 Å². The van der Waals surface area contributed by atoms with Gasteiger partial charge < -0.3 is 24.5 Å². The topological polar surface area (TPSA) is 68.6 Å². The summed E-state index contributed by atoms with van der Waals surface area (Å²) in [4.78, 5) is 4.27. The maximum atomic E-state index is 5.73. The summed E-state index contributed by atoms with van der Waals surface area (Å²) in [5.74, 6) is 2.52. The van der Waals surface area contributed by atoms with Crippen LogP contribution in [0.2, 0.25) is 0 Å². The van der Waals surface area contributed by atoms with E-state index < -0.39 is 0 Å². The van der Waals surface area contributed by atoms with Crippen molar-refractivity contribution in [2.24, 2.45) is 0 Å². The monoisotopic (exact) mass is 355 g/mol. The van der Waals surface area contributed by atoms with Crippen LogP contribution in [0.1, 0.15) is 5.76 Å². The first-order valence-corrected chi connectivity index (χ1v) is 7.99.